The standard InChI is InChI=1S/2C22H30N6.C18H24N6/c1-27-15-17(13-23-27)19-14-24-28-21(25-18-10-6-3-7-11-18)12-20(26-22(19)28)16-8-4-2-5-9-16;1-27-15-18(13-24-27)19-14-25-28-21(23-12-16-7-5-6-8-16)11-20(26-22(19)28)17-9-3-2-4-10-17;1-3-19-17-9-16(13-7-5-4-6-8-13)22-18-15(11-21-24(17)18)14-10-20-23(2)12-14/h12-16,18,25H,2-11H2,1H3;11,13-17,23H,2-10,12H2,1H3;9-13,19H,3-8H2,1-2H3. The summed E-state index contributed by atoms with van der Waals surface area (Å²) >= 11 is 0. The number of rotatable bonds is 13. The Kier molecular flexibility index (Phi) is 16.5. The molecular formula is C62H84N18. The molecule has 9 heterocycles. The lowest BCUT2D eigenvalue weighted by Crippen LogP contribution is -2.24. The molecule has 0 spiro atoms. The van der Waals surface area contributed by atoms with Gasteiger partial charge in [0.2, 0.25) is 0 Å². The first kappa shape index (κ1) is 53.5. The Morgan fingerprint density at radius 3 is 1.12 bits per heavy atom. The molecule has 0 aliphatic heterocycles. The van der Waals surface area contributed by atoms with Crippen molar-refractivity contribution >= 4 is 34.4 Å². The second kappa shape index (κ2) is 24.7. The number of nitrogens with zero attached hydrogens (tertiary/aromatic N) is 15. The zero-order chi connectivity index (χ0) is 54.4. The predicted molar refractivity (Wildman–Crippen MR) is 318 cm³/mol. The Morgan fingerprint density at radius 1 is 0.400 bits per heavy atom. The van der Waals surface area contributed by atoms with Crippen molar-refractivity contribution in [2.75, 3.05) is 29.0 Å². The first-order chi connectivity index (χ1) is 39.3. The van der Waals surface area contributed by atoms with Gasteiger partial charge in [-0.05, 0) is 77.0 Å². The number of aryl methyl sites for hydroxylation is 3. The average Bonchev–Trinajstić information content (AvgIpc) is 4.39. The summed E-state index contributed by atoms with van der Waals surface area (Å²) in [6.45, 7) is 4.01. The monoisotopic (exact) mass is 1080 g/mol. The number of hydrogen-bond acceptors (Lipinski definition) is 12. The summed E-state index contributed by atoms with van der Waals surface area (Å²) in [5.41, 5.74) is 12.9. The summed E-state index contributed by atoms with van der Waals surface area (Å²) < 4.78 is 11.4. The normalized spacial score (nSPS) is 18.1. The fourth-order valence-electron chi connectivity index (χ4n) is 13.5. The van der Waals surface area contributed by atoms with E-state index in [4.69, 9.17) is 25.1 Å². The van der Waals surface area contributed by atoms with Crippen LogP contribution >= 0.6 is 0 Å². The molecule has 80 heavy (non-hydrogen) atoms. The second-order valence-corrected chi connectivity index (χ2v) is 23.8. The van der Waals surface area contributed by atoms with Crippen LogP contribution in [0.2, 0.25) is 0 Å². The van der Waals surface area contributed by atoms with Gasteiger partial charge in [0.25, 0.3) is 0 Å². The highest BCUT2D eigenvalue weighted by Crippen LogP contribution is 2.39. The van der Waals surface area contributed by atoms with Gasteiger partial charge in [-0.1, -0.05) is 89.9 Å². The molecule has 0 unspecified atom stereocenters. The van der Waals surface area contributed by atoms with E-state index in [0.717, 1.165) is 86.8 Å². The summed E-state index contributed by atoms with van der Waals surface area (Å²) in [6, 6.07) is 7.27. The summed E-state index contributed by atoms with van der Waals surface area (Å²) in [5.74, 6) is 5.72. The first-order valence-electron chi connectivity index (χ1n) is 30.7. The smallest absolute Gasteiger partial charge is 0.165 e. The molecule has 5 saturated carbocycles. The molecule has 9 aromatic rings. The fourth-order valence-corrected chi connectivity index (χ4v) is 13.5. The van der Waals surface area contributed by atoms with E-state index in [1.165, 1.54) is 171 Å². The summed E-state index contributed by atoms with van der Waals surface area (Å²) in [5, 5.41) is 37.9. The lowest BCUT2D eigenvalue weighted by atomic mass is 9.86. The first-order valence-corrected chi connectivity index (χ1v) is 30.7. The van der Waals surface area contributed by atoms with Crippen LogP contribution in [0.25, 0.3) is 50.3 Å². The van der Waals surface area contributed by atoms with Crippen LogP contribution in [0.15, 0.2) is 74.0 Å². The number of nitrogens with one attached hydrogen (secondary N) is 3. The zero-order valence-corrected chi connectivity index (χ0v) is 47.9. The van der Waals surface area contributed by atoms with Crippen LogP contribution in [0.5, 0.6) is 0 Å². The SMILES string of the molecule is CCNc1cc(C2CCCCC2)nc2c(-c3cnn(C)c3)cnn12.Cn1cc(-c2cnn3c(NC4CCCCC4)cc(C4CCCCC4)nc23)cn1.Cn1cc(-c2cnn3c(NCC4CCCC4)cc(C4CCCCC4)nc23)cn1. The van der Waals surface area contributed by atoms with Crippen LogP contribution in [-0.4, -0.2) is 92.3 Å². The minimum Gasteiger partial charge on any atom is -0.370 e. The highest BCUT2D eigenvalue weighted by molar-refractivity contribution is 5.79. The molecule has 0 saturated heterocycles. The van der Waals surface area contributed by atoms with Crippen molar-refractivity contribution in [2.24, 2.45) is 27.1 Å². The third-order valence-corrected chi connectivity index (χ3v) is 18.0. The molecule has 18 nitrogen and oxygen atoms in total. The zero-order valence-electron chi connectivity index (χ0n) is 47.9. The van der Waals surface area contributed by atoms with Crippen LogP contribution in [0, 0.1) is 5.92 Å². The Bertz CT molecular complexity index is 3450. The maximum Gasteiger partial charge on any atom is 0.165 e. The van der Waals surface area contributed by atoms with E-state index in [1.807, 2.05) is 105 Å². The molecule has 0 bridgehead atoms. The molecule has 0 radical (unpaired) electrons. The predicted octanol–water partition coefficient (Wildman–Crippen LogP) is 13.3. The van der Waals surface area contributed by atoms with E-state index in [2.05, 4.69) is 61.5 Å². The third kappa shape index (κ3) is 12.0. The van der Waals surface area contributed by atoms with E-state index >= 15 is 0 Å². The topological polar surface area (TPSA) is 180 Å². The quantitative estimate of drug-likeness (QED) is 0.0996. The van der Waals surface area contributed by atoms with Gasteiger partial charge in [-0.3, -0.25) is 14.0 Å². The van der Waals surface area contributed by atoms with Crippen molar-refractivity contribution in [3.05, 3.63) is 91.1 Å². The Morgan fingerprint density at radius 2 is 0.750 bits per heavy atom. The van der Waals surface area contributed by atoms with E-state index < -0.39 is 0 Å². The molecule has 0 atom stereocenters. The van der Waals surface area contributed by atoms with Crippen LogP contribution < -0.4 is 16.0 Å². The van der Waals surface area contributed by atoms with Crippen molar-refractivity contribution in [1.82, 2.24) is 73.1 Å². The third-order valence-electron chi connectivity index (χ3n) is 18.0. The van der Waals surface area contributed by atoms with E-state index in [-0.39, 0.29) is 0 Å². The maximum absolute atomic E-state index is 5.12. The van der Waals surface area contributed by atoms with Crippen molar-refractivity contribution in [2.45, 2.75) is 185 Å². The fraction of sp³-hybridized carbons (Fsp3) is 0.565. The Hall–Kier alpha value is -7.11. The number of aromatic nitrogens is 15. The van der Waals surface area contributed by atoms with Crippen molar-refractivity contribution in [1.29, 1.82) is 0 Å². The summed E-state index contributed by atoms with van der Waals surface area (Å²) in [7, 11) is 5.83. The molecule has 18 heteroatoms. The van der Waals surface area contributed by atoms with Gasteiger partial charge in [-0.15, -0.1) is 0 Å². The minimum atomic E-state index is 0.546. The Balaban J connectivity index is 0.000000120. The lowest BCUT2D eigenvalue weighted by Gasteiger charge is -2.26. The largest absolute Gasteiger partial charge is 0.370 e. The molecule has 422 valence electrons. The minimum absolute atomic E-state index is 0.546. The Labute approximate surface area is 471 Å². The van der Waals surface area contributed by atoms with Crippen LogP contribution in [0.3, 0.4) is 0 Å². The van der Waals surface area contributed by atoms with Crippen molar-refractivity contribution in [3.63, 3.8) is 0 Å². The molecule has 0 aromatic carbocycles. The van der Waals surface area contributed by atoms with Gasteiger partial charge in [-0.25, -0.2) is 15.0 Å². The average molecular weight is 1080 g/mol. The van der Waals surface area contributed by atoms with Crippen molar-refractivity contribution < 1.29 is 0 Å². The van der Waals surface area contributed by atoms with Crippen LogP contribution in [-0.2, 0) is 21.1 Å². The van der Waals surface area contributed by atoms with Gasteiger partial charge in [-0.2, -0.15) is 44.1 Å². The summed E-state index contributed by atoms with van der Waals surface area (Å²) in [6.07, 6.45) is 48.9. The van der Waals surface area contributed by atoms with E-state index in [1.54, 1.807) is 0 Å². The highest BCUT2D eigenvalue weighted by Gasteiger charge is 2.26. The van der Waals surface area contributed by atoms with Gasteiger partial charge in [0.15, 0.2) is 16.9 Å². The molecule has 0 amide bonds. The molecule has 5 aliphatic rings. The van der Waals surface area contributed by atoms with Gasteiger partial charge >= 0.3 is 0 Å². The van der Waals surface area contributed by atoms with Crippen molar-refractivity contribution in [3.8, 4) is 33.4 Å². The second-order valence-electron chi connectivity index (χ2n) is 23.8. The highest BCUT2D eigenvalue weighted by atomic mass is 15.3. The number of hydrogen-bond donors (Lipinski definition) is 3. The van der Waals surface area contributed by atoms with Gasteiger partial charge < -0.3 is 16.0 Å². The molecule has 3 N–H and O–H groups in total. The van der Waals surface area contributed by atoms with Gasteiger partial charge in [0, 0.05) is 145 Å². The van der Waals surface area contributed by atoms with Crippen LogP contribution in [0.4, 0.5) is 17.5 Å². The summed E-state index contributed by atoms with van der Waals surface area (Å²) in [4.78, 5) is 15.2. The maximum atomic E-state index is 5.12. The number of anilines is 3. The van der Waals surface area contributed by atoms with Gasteiger partial charge in [0.05, 0.1) is 37.2 Å². The molecule has 5 fully saturated rings. The van der Waals surface area contributed by atoms with Gasteiger partial charge in [0.1, 0.15) is 17.5 Å². The molecule has 14 rings (SSSR count). The molecule has 9 aromatic heterocycles. The number of fused-ring (bicyclic) bond motifs is 3. The van der Waals surface area contributed by atoms with E-state index in [0.29, 0.717) is 23.8 Å². The van der Waals surface area contributed by atoms with E-state index in [9.17, 15) is 0 Å². The lowest BCUT2D eigenvalue weighted by molar-refractivity contribution is 0.436. The van der Waals surface area contributed by atoms with Crippen LogP contribution in [0.1, 0.15) is 196 Å². The molecular weight excluding hydrogens is 997 g/mol. The molecule has 5 aliphatic carbocycles.